The van der Waals surface area contributed by atoms with Crippen LogP contribution in [-0.4, -0.2) is 45.0 Å². The zero-order valence-electron chi connectivity index (χ0n) is 10.4. The molecule has 18 heavy (non-hydrogen) atoms. The molecule has 100 valence electrons. The molecular weight excluding hydrogens is 236 g/mol. The second-order valence-electron chi connectivity index (χ2n) is 4.97. The molecule has 1 heterocycles. The highest BCUT2D eigenvalue weighted by molar-refractivity contribution is 6.07. The van der Waals surface area contributed by atoms with Gasteiger partial charge in [0.1, 0.15) is 0 Å². The molecule has 0 aromatic carbocycles. The van der Waals surface area contributed by atoms with Crippen LogP contribution >= 0.6 is 0 Å². The van der Waals surface area contributed by atoms with Crippen LogP contribution in [0, 0.1) is 5.92 Å². The lowest BCUT2D eigenvalue weighted by Gasteiger charge is -2.23. The van der Waals surface area contributed by atoms with E-state index >= 15 is 0 Å². The summed E-state index contributed by atoms with van der Waals surface area (Å²) in [4.78, 5) is 22.7. The summed E-state index contributed by atoms with van der Waals surface area (Å²) >= 11 is 0. The molecule has 6 heteroatoms. The summed E-state index contributed by atoms with van der Waals surface area (Å²) in [6.45, 7) is 1.74. The largest absolute Gasteiger partial charge is 0.481 e. The molecule has 0 aromatic heterocycles. The molecule has 0 radical (unpaired) electrons. The monoisotopic (exact) mass is 254 g/mol. The van der Waals surface area contributed by atoms with Gasteiger partial charge in [0.15, 0.2) is 0 Å². The predicted molar refractivity (Wildman–Crippen MR) is 64.0 cm³/mol. The summed E-state index contributed by atoms with van der Waals surface area (Å²) in [6.07, 6.45) is 2.08. The molecule has 0 spiro atoms. The van der Waals surface area contributed by atoms with E-state index in [0.29, 0.717) is 12.1 Å². The van der Waals surface area contributed by atoms with Gasteiger partial charge in [-0.15, -0.1) is 0 Å². The van der Waals surface area contributed by atoms with E-state index in [9.17, 15) is 14.7 Å². The summed E-state index contributed by atoms with van der Waals surface area (Å²) in [5.74, 6) is -1.51. The Morgan fingerprint density at radius 2 is 2.22 bits per heavy atom. The minimum absolute atomic E-state index is 0.0374. The van der Waals surface area contributed by atoms with Gasteiger partial charge in [0.25, 0.3) is 5.91 Å². The van der Waals surface area contributed by atoms with Gasteiger partial charge in [-0.2, -0.15) is 5.10 Å². The summed E-state index contributed by atoms with van der Waals surface area (Å²) < 4.78 is 0. The van der Waals surface area contributed by atoms with E-state index in [1.165, 1.54) is 5.01 Å². The number of carboxylic acid groups (broad SMARTS) is 1. The van der Waals surface area contributed by atoms with Crippen LogP contribution in [0.4, 0.5) is 0 Å². The second-order valence-corrected chi connectivity index (χ2v) is 4.97. The van der Waals surface area contributed by atoms with Gasteiger partial charge in [-0.05, 0) is 32.6 Å². The quantitative estimate of drug-likeness (QED) is 0.768. The van der Waals surface area contributed by atoms with E-state index in [0.717, 1.165) is 12.8 Å². The van der Waals surface area contributed by atoms with Gasteiger partial charge in [0.2, 0.25) is 0 Å². The third-order valence-electron chi connectivity index (χ3n) is 3.70. The maximum Gasteiger partial charge on any atom is 0.303 e. The van der Waals surface area contributed by atoms with Crippen molar-refractivity contribution in [3.8, 4) is 0 Å². The number of carboxylic acids is 1. The highest BCUT2D eigenvalue weighted by atomic mass is 16.4. The number of hydrogen-bond acceptors (Lipinski definition) is 4. The molecule has 3 atom stereocenters. The molecular formula is C12H18N2O4. The Labute approximate surface area is 105 Å². The lowest BCUT2D eigenvalue weighted by molar-refractivity contribution is -0.138. The van der Waals surface area contributed by atoms with Crippen LogP contribution < -0.4 is 0 Å². The Bertz CT molecular complexity index is 394. The van der Waals surface area contributed by atoms with Crippen LogP contribution in [0.5, 0.6) is 0 Å². The Hall–Kier alpha value is -1.43. The number of carbonyl (C=O) groups is 2. The maximum absolute atomic E-state index is 12.2. The Balaban J connectivity index is 2.04. The van der Waals surface area contributed by atoms with E-state index in [2.05, 4.69) is 5.10 Å². The van der Waals surface area contributed by atoms with Crippen LogP contribution in [0.2, 0.25) is 0 Å². The van der Waals surface area contributed by atoms with Gasteiger partial charge in [0, 0.05) is 12.1 Å². The van der Waals surface area contributed by atoms with Crippen LogP contribution in [0.15, 0.2) is 5.10 Å². The van der Waals surface area contributed by atoms with Gasteiger partial charge in [0.05, 0.1) is 18.1 Å². The Morgan fingerprint density at radius 3 is 2.78 bits per heavy atom. The topological polar surface area (TPSA) is 90.2 Å². The SMILES string of the molecule is CC1=NN(C2CCCC2O)C(=O)C1CCC(=O)O. The normalized spacial score (nSPS) is 31.9. The summed E-state index contributed by atoms with van der Waals surface area (Å²) in [7, 11) is 0. The molecule has 1 aliphatic heterocycles. The predicted octanol–water partition coefficient (Wildman–Crippen LogP) is 0.599. The van der Waals surface area contributed by atoms with Crippen molar-refractivity contribution in [2.45, 2.75) is 51.2 Å². The smallest absolute Gasteiger partial charge is 0.303 e. The number of hydrogen-bond donors (Lipinski definition) is 2. The molecule has 1 amide bonds. The number of amides is 1. The Morgan fingerprint density at radius 1 is 1.50 bits per heavy atom. The highest BCUT2D eigenvalue weighted by Gasteiger charge is 2.41. The van der Waals surface area contributed by atoms with Crippen molar-refractivity contribution in [1.82, 2.24) is 5.01 Å². The lowest BCUT2D eigenvalue weighted by Crippen LogP contribution is -2.40. The van der Waals surface area contributed by atoms with E-state index in [1.54, 1.807) is 6.92 Å². The van der Waals surface area contributed by atoms with E-state index in [4.69, 9.17) is 5.11 Å². The summed E-state index contributed by atoms with van der Waals surface area (Å²) in [5, 5.41) is 24.0. The molecule has 2 N–H and O–H groups in total. The van der Waals surface area contributed by atoms with Crippen LogP contribution in [-0.2, 0) is 9.59 Å². The zero-order valence-corrected chi connectivity index (χ0v) is 10.4. The van der Waals surface area contributed by atoms with Gasteiger partial charge in [-0.3, -0.25) is 9.59 Å². The molecule has 1 aliphatic carbocycles. The first-order chi connectivity index (χ1) is 8.50. The number of rotatable bonds is 4. The number of aliphatic hydroxyl groups excluding tert-OH is 1. The maximum atomic E-state index is 12.2. The fourth-order valence-electron chi connectivity index (χ4n) is 2.67. The molecule has 1 fully saturated rings. The number of carbonyl (C=O) groups excluding carboxylic acids is 1. The van der Waals surface area contributed by atoms with Crippen LogP contribution in [0.1, 0.15) is 39.0 Å². The number of aliphatic hydroxyl groups is 1. The highest BCUT2D eigenvalue weighted by Crippen LogP contribution is 2.30. The van der Waals surface area contributed by atoms with E-state index in [1.807, 2.05) is 0 Å². The first kappa shape index (κ1) is 13.0. The molecule has 2 aliphatic rings. The van der Waals surface area contributed by atoms with Crippen LogP contribution in [0.3, 0.4) is 0 Å². The summed E-state index contributed by atoms with van der Waals surface area (Å²) in [5.41, 5.74) is 0.653. The average Bonchev–Trinajstić information content (AvgIpc) is 2.81. The van der Waals surface area contributed by atoms with E-state index in [-0.39, 0.29) is 24.8 Å². The van der Waals surface area contributed by atoms with Crippen molar-refractivity contribution in [3.05, 3.63) is 0 Å². The van der Waals surface area contributed by atoms with Gasteiger partial charge in [-0.1, -0.05) is 0 Å². The van der Waals surface area contributed by atoms with Crippen molar-refractivity contribution < 1.29 is 19.8 Å². The van der Waals surface area contributed by atoms with Crippen LogP contribution in [0.25, 0.3) is 0 Å². The van der Waals surface area contributed by atoms with Crippen molar-refractivity contribution in [2.24, 2.45) is 11.0 Å². The minimum Gasteiger partial charge on any atom is -0.481 e. The van der Waals surface area contributed by atoms with Crippen molar-refractivity contribution in [3.63, 3.8) is 0 Å². The number of nitrogens with zero attached hydrogens (tertiary/aromatic N) is 2. The molecule has 0 saturated heterocycles. The zero-order chi connectivity index (χ0) is 13.3. The average molecular weight is 254 g/mol. The molecule has 0 bridgehead atoms. The molecule has 6 nitrogen and oxygen atoms in total. The Kier molecular flexibility index (Phi) is 3.65. The van der Waals surface area contributed by atoms with Gasteiger partial charge in [-0.25, -0.2) is 5.01 Å². The van der Waals surface area contributed by atoms with E-state index < -0.39 is 18.0 Å². The standard InChI is InChI=1S/C12H18N2O4/c1-7-8(5-6-11(16)17)12(18)14(13-7)9-3-2-4-10(9)15/h8-10,15H,2-6H2,1H3,(H,16,17). The first-order valence-corrected chi connectivity index (χ1v) is 6.28. The lowest BCUT2D eigenvalue weighted by atomic mass is 9.98. The molecule has 2 rings (SSSR count). The van der Waals surface area contributed by atoms with Crippen molar-refractivity contribution in [2.75, 3.05) is 0 Å². The fourth-order valence-corrected chi connectivity index (χ4v) is 2.67. The molecule has 3 unspecified atom stereocenters. The van der Waals surface area contributed by atoms with Crippen molar-refractivity contribution in [1.29, 1.82) is 0 Å². The fraction of sp³-hybridized carbons (Fsp3) is 0.750. The van der Waals surface area contributed by atoms with Gasteiger partial charge < -0.3 is 10.2 Å². The molecule has 1 saturated carbocycles. The number of hydrazone groups is 1. The second kappa shape index (κ2) is 5.06. The van der Waals surface area contributed by atoms with Gasteiger partial charge >= 0.3 is 5.97 Å². The number of aliphatic carboxylic acids is 1. The summed E-state index contributed by atoms with van der Waals surface area (Å²) in [6, 6.07) is -0.234. The molecule has 0 aromatic rings. The third-order valence-corrected chi connectivity index (χ3v) is 3.70. The minimum atomic E-state index is -0.907. The van der Waals surface area contributed by atoms with Crippen molar-refractivity contribution >= 4 is 17.6 Å². The third kappa shape index (κ3) is 2.38. The first-order valence-electron chi connectivity index (χ1n) is 6.28.